The molecule has 8 nitrogen and oxygen atoms in total. The predicted molar refractivity (Wildman–Crippen MR) is 112 cm³/mol. The number of non-ortho nitro benzene ring substituents is 1. The number of benzene rings is 2. The smallest absolute Gasteiger partial charge is 0.269 e. The van der Waals surface area contributed by atoms with Crippen molar-refractivity contribution in [2.24, 2.45) is 0 Å². The van der Waals surface area contributed by atoms with Crippen LogP contribution in [0, 0.1) is 15.9 Å². The molecule has 0 radical (unpaired) electrons. The molecule has 0 amide bonds. The van der Waals surface area contributed by atoms with Gasteiger partial charge in [0.1, 0.15) is 5.82 Å². The summed E-state index contributed by atoms with van der Waals surface area (Å²) in [6, 6.07) is 12.8. The number of nitro groups is 1. The fourth-order valence-electron chi connectivity index (χ4n) is 3.27. The second-order valence-corrected chi connectivity index (χ2v) is 8.12. The molecule has 0 spiro atoms. The molecule has 0 bridgehead atoms. The number of rotatable bonds is 6. The van der Waals surface area contributed by atoms with Gasteiger partial charge in [-0.05, 0) is 30.7 Å². The van der Waals surface area contributed by atoms with Crippen LogP contribution in [0.2, 0.25) is 0 Å². The van der Waals surface area contributed by atoms with Crippen molar-refractivity contribution in [3.8, 4) is 5.69 Å². The largest absolute Gasteiger partial charge is 0.378 e. The van der Waals surface area contributed by atoms with E-state index in [1.54, 1.807) is 24.3 Å². The number of morpholine rings is 1. The minimum Gasteiger partial charge on any atom is -0.378 e. The fraction of sp³-hybridized carbons (Fsp3) is 0.300. The van der Waals surface area contributed by atoms with Crippen molar-refractivity contribution < 1.29 is 14.1 Å². The lowest BCUT2D eigenvalue weighted by Crippen LogP contribution is -2.37. The summed E-state index contributed by atoms with van der Waals surface area (Å²) in [4.78, 5) is 12.8. The number of ether oxygens (including phenoxy) is 1. The first-order chi connectivity index (χ1) is 14.5. The van der Waals surface area contributed by atoms with Gasteiger partial charge in [0.25, 0.3) is 5.69 Å². The van der Waals surface area contributed by atoms with E-state index in [1.807, 2.05) is 17.6 Å². The van der Waals surface area contributed by atoms with Crippen LogP contribution < -0.4 is 4.90 Å². The van der Waals surface area contributed by atoms with E-state index in [4.69, 9.17) is 4.74 Å². The molecule has 1 atom stereocenters. The first kappa shape index (κ1) is 20.3. The van der Waals surface area contributed by atoms with Crippen LogP contribution in [-0.4, -0.2) is 46.0 Å². The third-order valence-corrected chi connectivity index (χ3v) is 5.91. The monoisotopic (exact) mass is 429 g/mol. The third-order valence-electron chi connectivity index (χ3n) is 4.81. The van der Waals surface area contributed by atoms with Crippen molar-refractivity contribution in [1.29, 1.82) is 0 Å². The molecule has 0 saturated carbocycles. The van der Waals surface area contributed by atoms with Crippen LogP contribution in [-0.2, 0) is 4.74 Å². The highest BCUT2D eigenvalue weighted by molar-refractivity contribution is 7.99. The number of aromatic nitrogens is 3. The van der Waals surface area contributed by atoms with Crippen molar-refractivity contribution >= 4 is 23.4 Å². The molecule has 2 aromatic carbocycles. The van der Waals surface area contributed by atoms with Crippen molar-refractivity contribution in [1.82, 2.24) is 14.8 Å². The molecule has 10 heteroatoms. The van der Waals surface area contributed by atoms with Gasteiger partial charge in [-0.25, -0.2) is 4.39 Å². The number of thioether (sulfide) groups is 1. The van der Waals surface area contributed by atoms with Gasteiger partial charge >= 0.3 is 0 Å². The van der Waals surface area contributed by atoms with E-state index in [1.165, 1.54) is 30.0 Å². The summed E-state index contributed by atoms with van der Waals surface area (Å²) in [5.74, 6) is 0.273. The van der Waals surface area contributed by atoms with Crippen LogP contribution in [0.25, 0.3) is 5.69 Å². The average Bonchev–Trinajstić information content (AvgIpc) is 3.18. The Morgan fingerprint density at radius 1 is 1.17 bits per heavy atom. The van der Waals surface area contributed by atoms with Gasteiger partial charge in [-0.1, -0.05) is 30.0 Å². The molecule has 1 aliphatic rings. The molecule has 3 aromatic rings. The normalized spacial score (nSPS) is 15.2. The maximum Gasteiger partial charge on any atom is 0.269 e. The summed E-state index contributed by atoms with van der Waals surface area (Å²) in [5.41, 5.74) is 1.46. The van der Waals surface area contributed by atoms with E-state index in [-0.39, 0.29) is 16.8 Å². The van der Waals surface area contributed by atoms with E-state index in [0.29, 0.717) is 43.1 Å². The Kier molecular flexibility index (Phi) is 5.96. The van der Waals surface area contributed by atoms with Crippen LogP contribution in [0.5, 0.6) is 0 Å². The lowest BCUT2D eigenvalue weighted by atomic mass is 10.1. The number of nitro benzene ring substituents is 1. The molecule has 2 heterocycles. The number of anilines is 1. The molecule has 156 valence electrons. The molecule has 4 rings (SSSR count). The van der Waals surface area contributed by atoms with Crippen LogP contribution >= 0.6 is 11.8 Å². The molecule has 1 saturated heterocycles. The van der Waals surface area contributed by atoms with Crippen molar-refractivity contribution in [2.45, 2.75) is 17.3 Å². The van der Waals surface area contributed by atoms with E-state index in [0.717, 1.165) is 5.56 Å². The van der Waals surface area contributed by atoms with Gasteiger partial charge in [-0.2, -0.15) is 0 Å². The van der Waals surface area contributed by atoms with Gasteiger partial charge in [0.15, 0.2) is 5.16 Å². The zero-order chi connectivity index (χ0) is 21.1. The van der Waals surface area contributed by atoms with Gasteiger partial charge in [-0.15, -0.1) is 10.2 Å². The molecule has 0 aliphatic carbocycles. The lowest BCUT2D eigenvalue weighted by molar-refractivity contribution is -0.384. The number of hydrogen-bond acceptors (Lipinski definition) is 7. The Balaban J connectivity index is 1.70. The van der Waals surface area contributed by atoms with Crippen LogP contribution in [0.15, 0.2) is 53.7 Å². The summed E-state index contributed by atoms with van der Waals surface area (Å²) in [7, 11) is 0. The summed E-state index contributed by atoms with van der Waals surface area (Å²) in [5, 5.41) is 20.3. The molecular weight excluding hydrogens is 409 g/mol. The average molecular weight is 429 g/mol. The van der Waals surface area contributed by atoms with Crippen LogP contribution in [0.3, 0.4) is 0 Å². The highest BCUT2D eigenvalue weighted by atomic mass is 32.2. The minimum absolute atomic E-state index is 0.0422. The molecule has 1 unspecified atom stereocenters. The zero-order valence-corrected chi connectivity index (χ0v) is 17.1. The molecule has 0 N–H and O–H groups in total. The highest BCUT2D eigenvalue weighted by Crippen LogP contribution is 2.37. The lowest BCUT2D eigenvalue weighted by Gasteiger charge is -2.28. The SMILES string of the molecule is CC(Sc1nnc(N2CCOCC2)n1-c1cccc(F)c1)c1cccc([N+](=O)[O-])c1. The topological polar surface area (TPSA) is 86.3 Å². The number of nitrogens with zero attached hydrogens (tertiary/aromatic N) is 5. The first-order valence-corrected chi connectivity index (χ1v) is 10.4. The van der Waals surface area contributed by atoms with Crippen LogP contribution in [0.4, 0.5) is 16.0 Å². The van der Waals surface area contributed by atoms with Gasteiger partial charge in [0, 0.05) is 30.5 Å². The maximum absolute atomic E-state index is 14.0. The van der Waals surface area contributed by atoms with E-state index < -0.39 is 4.92 Å². The van der Waals surface area contributed by atoms with Crippen molar-refractivity contribution in [3.63, 3.8) is 0 Å². The summed E-state index contributed by atoms with van der Waals surface area (Å²) in [6.07, 6.45) is 0. The number of halogens is 1. The standard InChI is InChI=1S/C20H20FN5O3S/c1-14(15-4-2-7-18(12-15)26(27)28)30-20-23-22-19(24-8-10-29-11-9-24)25(20)17-6-3-5-16(21)13-17/h2-7,12-14H,8-11H2,1H3. The maximum atomic E-state index is 14.0. The van der Waals surface area contributed by atoms with Gasteiger partial charge in [-0.3, -0.25) is 14.7 Å². The quantitative estimate of drug-likeness (QED) is 0.332. The van der Waals surface area contributed by atoms with Crippen LogP contribution in [0.1, 0.15) is 17.7 Å². The Morgan fingerprint density at radius 3 is 2.67 bits per heavy atom. The van der Waals surface area contributed by atoms with E-state index in [2.05, 4.69) is 15.1 Å². The van der Waals surface area contributed by atoms with Gasteiger partial charge in [0.05, 0.1) is 23.8 Å². The Hall–Kier alpha value is -2.98. The van der Waals surface area contributed by atoms with Crippen molar-refractivity contribution in [2.75, 3.05) is 31.2 Å². The third kappa shape index (κ3) is 4.29. The van der Waals surface area contributed by atoms with Crippen molar-refractivity contribution in [3.05, 3.63) is 70.0 Å². The molecule has 1 fully saturated rings. The second-order valence-electron chi connectivity index (χ2n) is 6.81. The minimum atomic E-state index is -0.410. The Morgan fingerprint density at radius 2 is 1.93 bits per heavy atom. The Labute approximate surface area is 176 Å². The molecule has 30 heavy (non-hydrogen) atoms. The fourth-order valence-corrected chi connectivity index (χ4v) is 4.24. The Bertz CT molecular complexity index is 1050. The van der Waals surface area contributed by atoms with Gasteiger partial charge < -0.3 is 9.64 Å². The summed E-state index contributed by atoms with van der Waals surface area (Å²) in [6.45, 7) is 4.45. The van der Waals surface area contributed by atoms with Gasteiger partial charge in [0.2, 0.25) is 5.95 Å². The first-order valence-electron chi connectivity index (χ1n) is 9.48. The summed E-state index contributed by atoms with van der Waals surface area (Å²) >= 11 is 1.42. The van der Waals surface area contributed by atoms with E-state index in [9.17, 15) is 14.5 Å². The second kappa shape index (κ2) is 8.80. The molecule has 1 aliphatic heterocycles. The summed E-state index contributed by atoms with van der Waals surface area (Å²) < 4.78 is 21.2. The predicted octanol–water partition coefficient (Wildman–Crippen LogP) is 4.00. The number of hydrogen-bond donors (Lipinski definition) is 0. The van der Waals surface area contributed by atoms with E-state index >= 15 is 0 Å². The molecule has 1 aromatic heterocycles. The zero-order valence-electron chi connectivity index (χ0n) is 16.3. The highest BCUT2D eigenvalue weighted by Gasteiger charge is 2.24. The molecular formula is C20H20FN5O3S.